The Labute approximate surface area is 197 Å². The third kappa shape index (κ3) is 4.17. The predicted molar refractivity (Wildman–Crippen MR) is 130 cm³/mol. The third-order valence-electron chi connectivity index (χ3n) is 6.05. The third-order valence-corrected chi connectivity index (χ3v) is 6.05. The second kappa shape index (κ2) is 8.74. The summed E-state index contributed by atoms with van der Waals surface area (Å²) in [5.41, 5.74) is 4.98. The first kappa shape index (κ1) is 21.8. The molecule has 3 heterocycles. The van der Waals surface area contributed by atoms with Crippen molar-refractivity contribution in [3.63, 3.8) is 0 Å². The molecule has 0 N–H and O–H groups in total. The summed E-state index contributed by atoms with van der Waals surface area (Å²) in [5, 5.41) is 0. The molecular weight excluding hydrogens is 431 g/mol. The Morgan fingerprint density at radius 2 is 1.94 bits per heavy atom. The minimum Gasteiger partial charge on any atom is -0.495 e. The van der Waals surface area contributed by atoms with E-state index in [0.717, 1.165) is 52.5 Å². The molecule has 1 aliphatic rings. The molecule has 0 radical (unpaired) electrons. The Bertz CT molecular complexity index is 1450. The summed E-state index contributed by atoms with van der Waals surface area (Å²) in [5.74, 6) is 1.41. The van der Waals surface area contributed by atoms with Crippen LogP contribution in [0.15, 0.2) is 65.8 Å². The van der Waals surface area contributed by atoms with E-state index in [9.17, 15) is 9.18 Å². The van der Waals surface area contributed by atoms with Crippen LogP contribution in [0.2, 0.25) is 0 Å². The molecule has 4 aromatic rings. The van der Waals surface area contributed by atoms with Crippen LogP contribution < -0.4 is 10.3 Å². The first-order valence-electron chi connectivity index (χ1n) is 11.2. The molecule has 1 unspecified atom stereocenters. The van der Waals surface area contributed by atoms with Gasteiger partial charge < -0.3 is 13.9 Å². The molecular formula is C27H25FN4O2. The summed E-state index contributed by atoms with van der Waals surface area (Å²) < 4.78 is 23.1. The number of nitrogens with zero attached hydrogens (tertiary/aromatic N) is 4. The van der Waals surface area contributed by atoms with Crippen LogP contribution in [0.5, 0.6) is 5.75 Å². The van der Waals surface area contributed by atoms with Crippen molar-refractivity contribution in [3.8, 4) is 22.7 Å². The van der Waals surface area contributed by atoms with Gasteiger partial charge in [-0.15, -0.1) is 0 Å². The standard InChI is InChI=1S/C27H25FN4O2/c1-17-10-21(11-19-4-9-23(25(12-19)34-3)31-15-18(2)29-16-31)27-30-26(33)13-24(32(27)14-17)20-5-7-22(28)8-6-20/h4-9,11-13,15-17H,10,14H2,1-3H3/b21-11-. The van der Waals surface area contributed by atoms with Crippen molar-refractivity contribution < 1.29 is 9.13 Å². The lowest BCUT2D eigenvalue weighted by molar-refractivity contribution is 0.413. The zero-order chi connectivity index (χ0) is 23.8. The number of aryl methyl sites for hydroxylation is 1. The molecule has 1 aliphatic heterocycles. The molecule has 0 spiro atoms. The molecule has 0 amide bonds. The van der Waals surface area contributed by atoms with Crippen LogP contribution in [0, 0.1) is 18.7 Å². The molecule has 0 fully saturated rings. The van der Waals surface area contributed by atoms with Gasteiger partial charge in [0.2, 0.25) is 0 Å². The summed E-state index contributed by atoms with van der Waals surface area (Å²) in [6, 6.07) is 13.7. The van der Waals surface area contributed by atoms with Crippen LogP contribution in [-0.2, 0) is 6.54 Å². The number of allylic oxidation sites excluding steroid dienone is 1. The van der Waals surface area contributed by atoms with E-state index in [0.29, 0.717) is 11.7 Å². The lowest BCUT2D eigenvalue weighted by atomic mass is 9.93. The lowest BCUT2D eigenvalue weighted by Crippen LogP contribution is -2.26. The number of fused-ring (bicyclic) bond motifs is 1. The van der Waals surface area contributed by atoms with E-state index in [1.165, 1.54) is 18.2 Å². The maximum absolute atomic E-state index is 13.5. The van der Waals surface area contributed by atoms with E-state index >= 15 is 0 Å². The van der Waals surface area contributed by atoms with Gasteiger partial charge in [0.25, 0.3) is 5.56 Å². The first-order chi connectivity index (χ1) is 16.4. The fourth-order valence-corrected chi connectivity index (χ4v) is 4.51. The van der Waals surface area contributed by atoms with E-state index in [1.807, 2.05) is 35.9 Å². The number of imidazole rings is 1. The molecule has 172 valence electrons. The Morgan fingerprint density at radius 1 is 1.15 bits per heavy atom. The zero-order valence-corrected chi connectivity index (χ0v) is 19.3. The monoisotopic (exact) mass is 456 g/mol. The number of methoxy groups -OCH3 is 1. The highest BCUT2D eigenvalue weighted by Gasteiger charge is 2.23. The molecule has 1 atom stereocenters. The van der Waals surface area contributed by atoms with Crippen LogP contribution in [0.3, 0.4) is 0 Å². The van der Waals surface area contributed by atoms with Gasteiger partial charge in [-0.1, -0.05) is 13.0 Å². The van der Waals surface area contributed by atoms with Crippen LogP contribution in [0.25, 0.3) is 28.6 Å². The number of aromatic nitrogens is 4. The van der Waals surface area contributed by atoms with Gasteiger partial charge in [0.1, 0.15) is 17.4 Å². The SMILES string of the molecule is COc1cc(/C=C2/CC(C)Cn3c(-c4ccc(F)cc4)cc(=O)nc32)ccc1-n1cnc(C)c1. The molecule has 6 nitrogen and oxygen atoms in total. The molecule has 7 heteroatoms. The van der Waals surface area contributed by atoms with Crippen molar-refractivity contribution in [1.82, 2.24) is 19.1 Å². The minimum atomic E-state index is -0.311. The topological polar surface area (TPSA) is 61.9 Å². The smallest absolute Gasteiger partial charge is 0.273 e. The number of benzene rings is 2. The fourth-order valence-electron chi connectivity index (χ4n) is 4.51. The highest BCUT2D eigenvalue weighted by molar-refractivity contribution is 5.81. The number of rotatable bonds is 4. The van der Waals surface area contributed by atoms with Crippen LogP contribution in [-0.4, -0.2) is 26.2 Å². The molecule has 2 aromatic carbocycles. The fraction of sp³-hybridized carbons (Fsp3) is 0.222. The van der Waals surface area contributed by atoms with Crippen molar-refractivity contribution in [2.24, 2.45) is 5.92 Å². The Hall–Kier alpha value is -4.00. The van der Waals surface area contributed by atoms with Gasteiger partial charge in [0.05, 0.1) is 30.5 Å². The Balaban J connectivity index is 1.60. The van der Waals surface area contributed by atoms with Gasteiger partial charge in [-0.3, -0.25) is 4.79 Å². The Morgan fingerprint density at radius 3 is 2.65 bits per heavy atom. The minimum absolute atomic E-state index is 0.309. The van der Waals surface area contributed by atoms with E-state index in [-0.39, 0.29) is 11.4 Å². The van der Waals surface area contributed by atoms with Crippen LogP contribution in [0.4, 0.5) is 4.39 Å². The van der Waals surface area contributed by atoms with Crippen molar-refractivity contribution >= 4 is 11.6 Å². The van der Waals surface area contributed by atoms with Gasteiger partial charge in [0.15, 0.2) is 0 Å². The second-order valence-corrected chi connectivity index (χ2v) is 8.75. The summed E-state index contributed by atoms with van der Waals surface area (Å²) in [4.78, 5) is 21.2. The van der Waals surface area contributed by atoms with Crippen LogP contribution >= 0.6 is 0 Å². The molecule has 5 rings (SSSR count). The summed E-state index contributed by atoms with van der Waals surface area (Å²) in [6.07, 6.45) is 6.57. The molecule has 0 bridgehead atoms. The Kier molecular flexibility index (Phi) is 5.61. The second-order valence-electron chi connectivity index (χ2n) is 8.75. The predicted octanol–water partition coefficient (Wildman–Crippen LogP) is 5.13. The maximum atomic E-state index is 13.5. The van der Waals surface area contributed by atoms with Crippen molar-refractivity contribution in [3.05, 3.63) is 94.3 Å². The molecule has 0 saturated heterocycles. The quantitative estimate of drug-likeness (QED) is 0.427. The number of halogens is 1. The van der Waals surface area contributed by atoms with Gasteiger partial charge in [0, 0.05) is 18.8 Å². The van der Waals surface area contributed by atoms with E-state index in [4.69, 9.17) is 4.74 Å². The van der Waals surface area contributed by atoms with E-state index in [1.54, 1.807) is 25.6 Å². The number of hydrogen-bond donors (Lipinski definition) is 0. The van der Waals surface area contributed by atoms with Gasteiger partial charge in [-0.2, -0.15) is 4.98 Å². The van der Waals surface area contributed by atoms with Crippen molar-refractivity contribution in [2.45, 2.75) is 26.8 Å². The summed E-state index contributed by atoms with van der Waals surface area (Å²) in [7, 11) is 1.65. The van der Waals surface area contributed by atoms with Crippen molar-refractivity contribution in [2.75, 3.05) is 7.11 Å². The first-order valence-corrected chi connectivity index (χ1v) is 11.2. The summed E-state index contributed by atoms with van der Waals surface area (Å²) >= 11 is 0. The average Bonchev–Trinajstić information content (AvgIpc) is 3.25. The van der Waals surface area contributed by atoms with Gasteiger partial charge in [-0.05, 0) is 78.4 Å². The highest BCUT2D eigenvalue weighted by Crippen LogP contribution is 2.34. The average molecular weight is 457 g/mol. The highest BCUT2D eigenvalue weighted by atomic mass is 19.1. The van der Waals surface area contributed by atoms with Crippen LogP contribution in [0.1, 0.15) is 30.4 Å². The number of ether oxygens (including phenoxy) is 1. The van der Waals surface area contributed by atoms with Gasteiger partial charge >= 0.3 is 0 Å². The molecule has 34 heavy (non-hydrogen) atoms. The van der Waals surface area contributed by atoms with E-state index in [2.05, 4.69) is 27.5 Å². The lowest BCUT2D eigenvalue weighted by Gasteiger charge is -2.28. The van der Waals surface area contributed by atoms with E-state index < -0.39 is 0 Å². The van der Waals surface area contributed by atoms with Gasteiger partial charge in [-0.25, -0.2) is 9.37 Å². The molecule has 0 aliphatic carbocycles. The largest absolute Gasteiger partial charge is 0.495 e. The molecule has 2 aromatic heterocycles. The molecule has 0 saturated carbocycles. The normalized spacial score (nSPS) is 16.5. The summed E-state index contributed by atoms with van der Waals surface area (Å²) in [6.45, 7) is 4.85. The zero-order valence-electron chi connectivity index (χ0n) is 19.3. The number of hydrogen-bond acceptors (Lipinski definition) is 4. The van der Waals surface area contributed by atoms with Crippen molar-refractivity contribution in [1.29, 1.82) is 0 Å². The maximum Gasteiger partial charge on any atom is 0.273 e.